The molecule has 0 aliphatic carbocycles. The summed E-state index contributed by atoms with van der Waals surface area (Å²) < 4.78 is 11.4. The highest BCUT2D eigenvalue weighted by Gasteiger charge is 2.16. The van der Waals surface area contributed by atoms with Gasteiger partial charge in [0.25, 0.3) is 5.22 Å². The van der Waals surface area contributed by atoms with E-state index in [-0.39, 0.29) is 17.7 Å². The Balaban J connectivity index is 1.35. The average Bonchev–Trinajstić information content (AvgIpc) is 3.34. The third-order valence-electron chi connectivity index (χ3n) is 4.09. The van der Waals surface area contributed by atoms with Crippen LogP contribution < -0.4 is 5.32 Å². The zero-order chi connectivity index (χ0) is 19.5. The van der Waals surface area contributed by atoms with Crippen LogP contribution in [0.5, 0.6) is 0 Å². The number of furan rings is 1. The van der Waals surface area contributed by atoms with E-state index in [0.29, 0.717) is 27.5 Å². The molecule has 0 unspecified atom stereocenters. The lowest BCUT2D eigenvalue weighted by Crippen LogP contribution is -2.27. The van der Waals surface area contributed by atoms with E-state index in [1.54, 1.807) is 12.1 Å². The van der Waals surface area contributed by atoms with Crippen molar-refractivity contribution in [2.75, 3.05) is 5.75 Å². The van der Waals surface area contributed by atoms with Crippen molar-refractivity contribution in [1.29, 1.82) is 0 Å². The number of thioether (sulfide) groups is 1. The lowest BCUT2D eigenvalue weighted by Gasteiger charge is -2.10. The van der Waals surface area contributed by atoms with Gasteiger partial charge in [-0.1, -0.05) is 53.7 Å². The number of carbonyl (C=O) groups is 1. The van der Waals surface area contributed by atoms with E-state index in [1.807, 2.05) is 49.4 Å². The molecule has 142 valence electrons. The zero-order valence-electron chi connectivity index (χ0n) is 14.9. The number of carbonyl (C=O) groups excluding carboxylic acids is 1. The number of para-hydroxylation sites is 1. The first-order chi connectivity index (χ1) is 13.6. The minimum atomic E-state index is -0.248. The monoisotopic (exact) mass is 413 g/mol. The van der Waals surface area contributed by atoms with Crippen molar-refractivity contribution >= 4 is 40.2 Å². The van der Waals surface area contributed by atoms with Crippen LogP contribution in [0.3, 0.4) is 0 Å². The maximum Gasteiger partial charge on any atom is 0.277 e. The summed E-state index contributed by atoms with van der Waals surface area (Å²) in [6.07, 6.45) is 0. The molecule has 8 heteroatoms. The summed E-state index contributed by atoms with van der Waals surface area (Å²) in [6.45, 7) is 1.88. The van der Waals surface area contributed by atoms with Gasteiger partial charge in [0.05, 0.1) is 22.4 Å². The van der Waals surface area contributed by atoms with Gasteiger partial charge in [-0.25, -0.2) is 0 Å². The number of amides is 1. The van der Waals surface area contributed by atoms with E-state index >= 15 is 0 Å². The number of hydrogen-bond acceptors (Lipinski definition) is 6. The molecule has 0 bridgehead atoms. The predicted molar refractivity (Wildman–Crippen MR) is 108 cm³/mol. The Hall–Kier alpha value is -2.77. The fourth-order valence-corrected chi connectivity index (χ4v) is 3.50. The Morgan fingerprint density at radius 3 is 2.75 bits per heavy atom. The molecule has 1 atom stereocenters. The summed E-state index contributed by atoms with van der Waals surface area (Å²) in [5.74, 6) is 1.02. The van der Waals surface area contributed by atoms with Gasteiger partial charge < -0.3 is 14.2 Å². The van der Waals surface area contributed by atoms with Crippen LogP contribution in [-0.2, 0) is 4.79 Å². The first-order valence-corrected chi connectivity index (χ1v) is 9.95. The summed E-state index contributed by atoms with van der Waals surface area (Å²) in [4.78, 5) is 12.3. The second kappa shape index (κ2) is 8.08. The van der Waals surface area contributed by atoms with Crippen molar-refractivity contribution in [3.05, 3.63) is 65.4 Å². The highest BCUT2D eigenvalue weighted by molar-refractivity contribution is 7.99. The van der Waals surface area contributed by atoms with E-state index in [2.05, 4.69) is 15.5 Å². The third-order valence-corrected chi connectivity index (χ3v) is 5.23. The molecule has 2 heterocycles. The van der Waals surface area contributed by atoms with Crippen LogP contribution in [-0.4, -0.2) is 21.9 Å². The van der Waals surface area contributed by atoms with Crippen molar-refractivity contribution in [2.45, 2.75) is 18.2 Å². The molecule has 0 saturated carbocycles. The molecule has 2 aromatic heterocycles. The third kappa shape index (κ3) is 4.05. The van der Waals surface area contributed by atoms with Gasteiger partial charge in [0.15, 0.2) is 0 Å². The second-order valence-electron chi connectivity index (χ2n) is 6.12. The summed E-state index contributed by atoms with van der Waals surface area (Å²) in [5.41, 5.74) is 1.46. The van der Waals surface area contributed by atoms with E-state index in [0.717, 1.165) is 11.0 Å². The molecule has 4 aromatic rings. The smallest absolute Gasteiger partial charge is 0.277 e. The van der Waals surface area contributed by atoms with E-state index < -0.39 is 0 Å². The van der Waals surface area contributed by atoms with Gasteiger partial charge >= 0.3 is 0 Å². The van der Waals surface area contributed by atoms with E-state index in [1.165, 1.54) is 11.8 Å². The fraction of sp³-hybridized carbons (Fsp3) is 0.150. The average molecular weight is 414 g/mol. The van der Waals surface area contributed by atoms with E-state index in [4.69, 9.17) is 20.4 Å². The minimum absolute atomic E-state index is 0.148. The molecule has 28 heavy (non-hydrogen) atoms. The maximum absolute atomic E-state index is 12.3. The largest absolute Gasteiger partial charge is 0.459 e. The molecule has 6 nitrogen and oxygen atoms in total. The molecule has 0 spiro atoms. The Labute approximate surface area is 170 Å². The Morgan fingerprint density at radius 1 is 1.14 bits per heavy atom. The Morgan fingerprint density at radius 2 is 1.93 bits per heavy atom. The molecule has 0 fully saturated rings. The minimum Gasteiger partial charge on any atom is -0.459 e. The van der Waals surface area contributed by atoms with Crippen molar-refractivity contribution < 1.29 is 13.6 Å². The molecule has 1 amide bonds. The van der Waals surface area contributed by atoms with Crippen LogP contribution in [0.1, 0.15) is 18.7 Å². The first-order valence-electron chi connectivity index (χ1n) is 8.59. The van der Waals surface area contributed by atoms with Gasteiger partial charge in [0, 0.05) is 5.39 Å². The lowest BCUT2D eigenvalue weighted by molar-refractivity contribution is -0.119. The van der Waals surface area contributed by atoms with Gasteiger partial charge in [0.1, 0.15) is 11.3 Å². The number of nitrogens with zero attached hydrogens (tertiary/aromatic N) is 2. The molecule has 0 saturated heterocycles. The van der Waals surface area contributed by atoms with Crippen molar-refractivity contribution in [3.8, 4) is 11.5 Å². The number of rotatable bonds is 6. The Kier molecular flexibility index (Phi) is 5.36. The lowest BCUT2D eigenvalue weighted by atomic mass is 10.2. The maximum atomic E-state index is 12.3. The molecule has 0 aliphatic rings. The van der Waals surface area contributed by atoms with Gasteiger partial charge in [-0.15, -0.1) is 10.2 Å². The van der Waals surface area contributed by atoms with Crippen LogP contribution in [0.15, 0.2) is 68.7 Å². The SMILES string of the molecule is C[C@H](NC(=O)CSc1nnc(-c2ccccc2Cl)o1)c1cc2ccccc2o1. The van der Waals surface area contributed by atoms with Crippen molar-refractivity contribution in [1.82, 2.24) is 15.5 Å². The molecule has 1 N–H and O–H groups in total. The fourth-order valence-electron chi connectivity index (χ4n) is 2.71. The van der Waals surface area contributed by atoms with Crippen molar-refractivity contribution in [2.24, 2.45) is 0 Å². The normalized spacial score (nSPS) is 12.2. The van der Waals surface area contributed by atoms with Crippen LogP contribution >= 0.6 is 23.4 Å². The standard InChI is InChI=1S/C20H16ClN3O3S/c1-12(17-10-13-6-2-5-9-16(13)26-17)22-18(25)11-28-20-24-23-19(27-20)14-7-3-4-8-15(14)21/h2-10,12H,11H2,1H3,(H,22,25)/t12-/m0/s1. The molecular formula is C20H16ClN3O3S. The topological polar surface area (TPSA) is 81.2 Å². The number of halogens is 1. The number of nitrogens with one attached hydrogen (secondary N) is 1. The highest BCUT2D eigenvalue weighted by Crippen LogP contribution is 2.29. The molecule has 4 rings (SSSR count). The highest BCUT2D eigenvalue weighted by atomic mass is 35.5. The quantitative estimate of drug-likeness (QED) is 0.442. The van der Waals surface area contributed by atoms with Gasteiger partial charge in [-0.05, 0) is 31.2 Å². The van der Waals surface area contributed by atoms with E-state index in [9.17, 15) is 4.79 Å². The van der Waals surface area contributed by atoms with Gasteiger partial charge in [-0.3, -0.25) is 4.79 Å². The zero-order valence-corrected chi connectivity index (χ0v) is 16.5. The predicted octanol–water partition coefficient (Wildman–Crippen LogP) is 5.11. The summed E-state index contributed by atoms with van der Waals surface area (Å²) in [5, 5.41) is 12.7. The van der Waals surface area contributed by atoms with Crippen LogP contribution in [0, 0.1) is 0 Å². The van der Waals surface area contributed by atoms with Crippen LogP contribution in [0.25, 0.3) is 22.4 Å². The van der Waals surface area contributed by atoms with Crippen LogP contribution in [0.2, 0.25) is 5.02 Å². The molecule has 0 radical (unpaired) electrons. The summed E-state index contributed by atoms with van der Waals surface area (Å²) in [6, 6.07) is 16.6. The number of benzene rings is 2. The van der Waals surface area contributed by atoms with Gasteiger partial charge in [0.2, 0.25) is 11.8 Å². The first kappa shape index (κ1) is 18.6. The summed E-state index contributed by atoms with van der Waals surface area (Å²) >= 11 is 7.30. The number of hydrogen-bond donors (Lipinski definition) is 1. The number of aromatic nitrogens is 2. The molecular weight excluding hydrogens is 398 g/mol. The summed E-state index contributed by atoms with van der Waals surface area (Å²) in [7, 11) is 0. The van der Waals surface area contributed by atoms with Gasteiger partial charge in [-0.2, -0.15) is 0 Å². The number of fused-ring (bicyclic) bond motifs is 1. The van der Waals surface area contributed by atoms with Crippen molar-refractivity contribution in [3.63, 3.8) is 0 Å². The molecule has 0 aliphatic heterocycles. The van der Waals surface area contributed by atoms with Crippen LogP contribution in [0.4, 0.5) is 0 Å². The molecule has 2 aromatic carbocycles. The second-order valence-corrected chi connectivity index (χ2v) is 7.45. The Bertz CT molecular complexity index is 1090.